The highest BCUT2D eigenvalue weighted by atomic mass is 19.1. The zero-order valence-corrected chi connectivity index (χ0v) is 10.4. The number of rotatable bonds is 5. The van der Waals surface area contributed by atoms with Crippen LogP contribution in [-0.4, -0.2) is 20.2 Å². The maximum absolute atomic E-state index is 13.5. The predicted molar refractivity (Wildman–Crippen MR) is 64.3 cm³/mol. The van der Waals surface area contributed by atoms with Gasteiger partial charge in [0.2, 0.25) is 0 Å². The first-order valence-electron chi connectivity index (χ1n) is 5.58. The molecule has 0 amide bonds. The van der Waals surface area contributed by atoms with Gasteiger partial charge in [-0.1, -0.05) is 19.9 Å². The van der Waals surface area contributed by atoms with Gasteiger partial charge in [-0.15, -0.1) is 0 Å². The van der Waals surface area contributed by atoms with Gasteiger partial charge in [-0.05, 0) is 37.1 Å². The normalized spacial score (nSPS) is 12.9. The Hall–Kier alpha value is -1.09. The minimum absolute atomic E-state index is 0.293. The van der Waals surface area contributed by atoms with Crippen molar-refractivity contribution >= 4 is 0 Å². The van der Waals surface area contributed by atoms with Crippen LogP contribution in [0.15, 0.2) is 18.2 Å². The van der Waals surface area contributed by atoms with Crippen molar-refractivity contribution in [2.45, 2.75) is 26.3 Å². The Labute approximate surface area is 96.8 Å². The molecule has 0 spiro atoms. The lowest BCUT2D eigenvalue weighted by Crippen LogP contribution is -2.32. The molecule has 2 nitrogen and oxygen atoms in total. The summed E-state index contributed by atoms with van der Waals surface area (Å²) in [6.07, 6.45) is 0.828. The number of hydrogen-bond donors (Lipinski definition) is 1. The van der Waals surface area contributed by atoms with Gasteiger partial charge < -0.3 is 10.1 Å². The number of benzene rings is 1. The minimum Gasteiger partial charge on any atom is -0.494 e. The second-order valence-corrected chi connectivity index (χ2v) is 4.31. The summed E-state index contributed by atoms with van der Waals surface area (Å²) < 4.78 is 18.3. The van der Waals surface area contributed by atoms with E-state index >= 15 is 0 Å². The molecule has 16 heavy (non-hydrogen) atoms. The van der Waals surface area contributed by atoms with Crippen molar-refractivity contribution in [1.82, 2.24) is 5.32 Å². The first-order valence-corrected chi connectivity index (χ1v) is 5.58. The molecule has 0 heterocycles. The van der Waals surface area contributed by atoms with Crippen LogP contribution in [0.25, 0.3) is 0 Å². The SMILES string of the molecule is CNC(Cc1ccc(OC)c(F)c1)C(C)C. The molecular formula is C13H20FNO. The Morgan fingerprint density at radius 1 is 1.38 bits per heavy atom. The lowest BCUT2D eigenvalue weighted by atomic mass is 9.96. The molecule has 0 aliphatic rings. The van der Waals surface area contributed by atoms with Crippen LogP contribution < -0.4 is 10.1 Å². The number of halogens is 1. The molecule has 0 saturated heterocycles. The highest BCUT2D eigenvalue weighted by Gasteiger charge is 2.12. The average molecular weight is 225 g/mol. The molecule has 1 aromatic carbocycles. The molecular weight excluding hydrogens is 205 g/mol. The molecule has 1 aromatic rings. The Morgan fingerprint density at radius 3 is 2.50 bits per heavy atom. The number of methoxy groups -OCH3 is 1. The highest BCUT2D eigenvalue weighted by molar-refractivity contribution is 5.29. The Bertz CT molecular complexity index is 339. The van der Waals surface area contributed by atoms with E-state index in [0.29, 0.717) is 17.7 Å². The van der Waals surface area contributed by atoms with Gasteiger partial charge >= 0.3 is 0 Å². The first-order chi connectivity index (χ1) is 7.58. The lowest BCUT2D eigenvalue weighted by Gasteiger charge is -2.20. The Balaban J connectivity index is 2.78. The van der Waals surface area contributed by atoms with E-state index in [9.17, 15) is 4.39 Å². The number of hydrogen-bond acceptors (Lipinski definition) is 2. The van der Waals surface area contributed by atoms with E-state index in [-0.39, 0.29) is 5.82 Å². The van der Waals surface area contributed by atoms with Gasteiger partial charge in [-0.2, -0.15) is 0 Å². The maximum atomic E-state index is 13.5. The fourth-order valence-corrected chi connectivity index (χ4v) is 1.76. The summed E-state index contributed by atoms with van der Waals surface area (Å²) in [6.45, 7) is 4.31. The van der Waals surface area contributed by atoms with Crippen molar-refractivity contribution in [3.8, 4) is 5.75 Å². The summed E-state index contributed by atoms with van der Waals surface area (Å²) in [5.41, 5.74) is 0.992. The van der Waals surface area contributed by atoms with Crippen LogP contribution in [0.2, 0.25) is 0 Å². The number of nitrogens with one attached hydrogen (secondary N) is 1. The van der Waals surface area contributed by atoms with Crippen LogP contribution in [0.3, 0.4) is 0 Å². The summed E-state index contributed by atoms with van der Waals surface area (Å²) in [6, 6.07) is 5.51. The third kappa shape index (κ3) is 3.20. The summed E-state index contributed by atoms with van der Waals surface area (Å²) in [5.74, 6) is 0.531. The average Bonchev–Trinajstić information content (AvgIpc) is 2.25. The van der Waals surface area contributed by atoms with Crippen LogP contribution >= 0.6 is 0 Å². The van der Waals surface area contributed by atoms with Gasteiger partial charge in [-0.3, -0.25) is 0 Å². The number of likely N-dealkylation sites (N-methyl/N-ethyl adjacent to an activating group) is 1. The molecule has 0 aromatic heterocycles. The topological polar surface area (TPSA) is 21.3 Å². The van der Waals surface area contributed by atoms with Gasteiger partial charge in [0, 0.05) is 6.04 Å². The summed E-state index contributed by atoms with van der Waals surface area (Å²) in [5, 5.41) is 3.24. The first kappa shape index (κ1) is 13.0. The van der Waals surface area contributed by atoms with E-state index < -0.39 is 0 Å². The van der Waals surface area contributed by atoms with E-state index in [4.69, 9.17) is 4.74 Å². The van der Waals surface area contributed by atoms with E-state index in [1.807, 2.05) is 13.1 Å². The monoisotopic (exact) mass is 225 g/mol. The molecule has 3 heteroatoms. The van der Waals surface area contributed by atoms with Gasteiger partial charge in [0.15, 0.2) is 11.6 Å². The predicted octanol–water partition coefficient (Wildman–Crippen LogP) is 2.62. The van der Waals surface area contributed by atoms with Crippen molar-refractivity contribution < 1.29 is 9.13 Å². The highest BCUT2D eigenvalue weighted by Crippen LogP contribution is 2.19. The third-order valence-corrected chi connectivity index (χ3v) is 2.85. The molecule has 0 aliphatic carbocycles. The van der Waals surface area contributed by atoms with Crippen molar-refractivity contribution in [2.24, 2.45) is 5.92 Å². The second-order valence-electron chi connectivity index (χ2n) is 4.31. The number of ether oxygens (including phenoxy) is 1. The van der Waals surface area contributed by atoms with Gasteiger partial charge in [0.1, 0.15) is 0 Å². The second kappa shape index (κ2) is 5.85. The molecule has 1 unspecified atom stereocenters. The smallest absolute Gasteiger partial charge is 0.165 e. The molecule has 1 N–H and O–H groups in total. The van der Waals surface area contributed by atoms with Gasteiger partial charge in [-0.25, -0.2) is 4.39 Å². The van der Waals surface area contributed by atoms with Crippen LogP contribution in [0.1, 0.15) is 19.4 Å². The molecule has 0 saturated carbocycles. The van der Waals surface area contributed by atoms with Gasteiger partial charge in [0.25, 0.3) is 0 Å². The van der Waals surface area contributed by atoms with E-state index in [1.54, 1.807) is 12.1 Å². The van der Waals surface area contributed by atoms with Crippen LogP contribution in [0.5, 0.6) is 5.75 Å². The zero-order chi connectivity index (χ0) is 12.1. The van der Waals surface area contributed by atoms with Crippen LogP contribution in [0, 0.1) is 11.7 Å². The van der Waals surface area contributed by atoms with E-state index in [2.05, 4.69) is 19.2 Å². The van der Waals surface area contributed by atoms with Gasteiger partial charge in [0.05, 0.1) is 7.11 Å². The molecule has 1 atom stereocenters. The zero-order valence-electron chi connectivity index (χ0n) is 10.4. The minimum atomic E-state index is -0.293. The van der Waals surface area contributed by atoms with Crippen molar-refractivity contribution in [3.05, 3.63) is 29.6 Å². The largest absolute Gasteiger partial charge is 0.494 e. The fourth-order valence-electron chi connectivity index (χ4n) is 1.76. The molecule has 0 aliphatic heterocycles. The van der Waals surface area contributed by atoms with Crippen LogP contribution in [0.4, 0.5) is 4.39 Å². The van der Waals surface area contributed by atoms with E-state index in [0.717, 1.165) is 12.0 Å². The fraction of sp³-hybridized carbons (Fsp3) is 0.538. The molecule has 0 fully saturated rings. The van der Waals surface area contributed by atoms with Crippen molar-refractivity contribution in [1.29, 1.82) is 0 Å². The summed E-state index contributed by atoms with van der Waals surface area (Å²) in [7, 11) is 3.41. The summed E-state index contributed by atoms with van der Waals surface area (Å²) in [4.78, 5) is 0. The van der Waals surface area contributed by atoms with Crippen LogP contribution in [-0.2, 0) is 6.42 Å². The summed E-state index contributed by atoms with van der Waals surface area (Å²) >= 11 is 0. The molecule has 1 rings (SSSR count). The van der Waals surface area contributed by atoms with E-state index in [1.165, 1.54) is 7.11 Å². The Morgan fingerprint density at radius 2 is 2.06 bits per heavy atom. The molecule has 0 bridgehead atoms. The Kier molecular flexibility index (Phi) is 4.74. The molecule has 90 valence electrons. The maximum Gasteiger partial charge on any atom is 0.165 e. The van der Waals surface area contributed by atoms with Crippen molar-refractivity contribution in [2.75, 3.05) is 14.2 Å². The van der Waals surface area contributed by atoms with Crippen molar-refractivity contribution in [3.63, 3.8) is 0 Å². The quantitative estimate of drug-likeness (QED) is 0.831. The third-order valence-electron chi connectivity index (χ3n) is 2.85. The molecule has 0 radical (unpaired) electrons. The lowest BCUT2D eigenvalue weighted by molar-refractivity contribution is 0.385. The standard InChI is InChI=1S/C13H20FNO/c1-9(2)12(15-3)8-10-5-6-13(16-4)11(14)7-10/h5-7,9,12,15H,8H2,1-4H3.